The Morgan fingerprint density at radius 3 is 2.27 bits per heavy atom. The van der Waals surface area contributed by atoms with E-state index in [1.807, 2.05) is 0 Å². The van der Waals surface area contributed by atoms with Gasteiger partial charge in [-0.3, -0.25) is 4.79 Å². The van der Waals surface area contributed by atoms with E-state index in [4.69, 9.17) is 5.73 Å². The van der Waals surface area contributed by atoms with Crippen LogP contribution in [-0.4, -0.2) is 23.5 Å². The van der Waals surface area contributed by atoms with Crippen molar-refractivity contribution < 1.29 is 9.90 Å². The third kappa shape index (κ3) is 3.49. The van der Waals surface area contributed by atoms with E-state index >= 15 is 0 Å². The molecule has 0 aromatic heterocycles. The lowest BCUT2D eigenvalue weighted by Crippen LogP contribution is -2.33. The molecule has 3 nitrogen and oxygen atoms in total. The summed E-state index contributed by atoms with van der Waals surface area (Å²) >= 11 is 0. The van der Waals surface area contributed by atoms with Gasteiger partial charge >= 0.3 is 0 Å². The van der Waals surface area contributed by atoms with Crippen molar-refractivity contribution in [2.45, 2.75) is 33.3 Å². The molecule has 0 amide bonds. The van der Waals surface area contributed by atoms with Crippen molar-refractivity contribution in [1.82, 2.24) is 0 Å². The summed E-state index contributed by atoms with van der Waals surface area (Å²) < 4.78 is 0. The Morgan fingerprint density at radius 2 is 2.00 bits per heavy atom. The molecular formula is C8H17NO2. The van der Waals surface area contributed by atoms with Crippen molar-refractivity contribution in [2.75, 3.05) is 6.54 Å². The Balaban J connectivity index is 4.03. The fraction of sp³-hybridized carbons (Fsp3) is 0.875. The van der Waals surface area contributed by atoms with Gasteiger partial charge in [-0.15, -0.1) is 0 Å². The quantitative estimate of drug-likeness (QED) is 0.623. The first kappa shape index (κ1) is 10.6. The predicted molar refractivity (Wildman–Crippen MR) is 44.1 cm³/mol. The van der Waals surface area contributed by atoms with Crippen LogP contribution >= 0.6 is 0 Å². The Bertz CT molecular complexity index is 138. The minimum absolute atomic E-state index is 0.136. The van der Waals surface area contributed by atoms with Gasteiger partial charge in [0.05, 0.1) is 0 Å². The van der Waals surface area contributed by atoms with Gasteiger partial charge in [0.2, 0.25) is 0 Å². The molecule has 0 aliphatic rings. The van der Waals surface area contributed by atoms with E-state index in [1.165, 1.54) is 0 Å². The highest BCUT2D eigenvalue weighted by Crippen LogP contribution is 2.17. The molecule has 1 unspecified atom stereocenters. The molecule has 3 heteroatoms. The van der Waals surface area contributed by atoms with Gasteiger partial charge in [-0.1, -0.05) is 20.8 Å². The van der Waals surface area contributed by atoms with Crippen LogP contribution in [0.1, 0.15) is 27.2 Å². The van der Waals surface area contributed by atoms with E-state index < -0.39 is 11.5 Å². The molecule has 0 aromatic rings. The molecule has 1 atom stereocenters. The third-order valence-corrected chi connectivity index (χ3v) is 1.48. The first-order chi connectivity index (χ1) is 4.89. The lowest BCUT2D eigenvalue weighted by atomic mass is 9.87. The van der Waals surface area contributed by atoms with Crippen LogP contribution in [0.2, 0.25) is 0 Å². The molecule has 66 valence electrons. The highest BCUT2D eigenvalue weighted by Gasteiger charge is 2.27. The molecular weight excluding hydrogens is 142 g/mol. The fourth-order valence-corrected chi connectivity index (χ4v) is 0.789. The number of nitrogens with two attached hydrogens (primary N) is 1. The van der Waals surface area contributed by atoms with Crippen molar-refractivity contribution in [2.24, 2.45) is 11.1 Å². The Morgan fingerprint density at radius 1 is 1.55 bits per heavy atom. The zero-order chi connectivity index (χ0) is 9.07. The SMILES string of the molecule is CC(C)(C)C(=O)C(O)CCN. The van der Waals surface area contributed by atoms with Gasteiger partial charge in [0, 0.05) is 5.41 Å². The molecule has 0 aliphatic heterocycles. The average Bonchev–Trinajstić information content (AvgIpc) is 1.85. The summed E-state index contributed by atoms with van der Waals surface area (Å²) in [6.07, 6.45) is -0.532. The Labute approximate surface area is 67.6 Å². The van der Waals surface area contributed by atoms with Crippen LogP contribution in [0, 0.1) is 5.41 Å². The summed E-state index contributed by atoms with van der Waals surface area (Å²) in [5.74, 6) is -0.136. The highest BCUT2D eigenvalue weighted by atomic mass is 16.3. The second kappa shape index (κ2) is 3.83. The monoisotopic (exact) mass is 159 g/mol. The lowest BCUT2D eigenvalue weighted by molar-refractivity contribution is -0.135. The molecule has 0 aliphatic carbocycles. The van der Waals surface area contributed by atoms with Crippen LogP contribution in [0.3, 0.4) is 0 Å². The predicted octanol–water partition coefficient (Wildman–Crippen LogP) is 0.311. The molecule has 0 fully saturated rings. The van der Waals surface area contributed by atoms with Gasteiger partial charge in [-0.25, -0.2) is 0 Å². The van der Waals surface area contributed by atoms with E-state index in [-0.39, 0.29) is 5.78 Å². The maximum atomic E-state index is 11.2. The van der Waals surface area contributed by atoms with Gasteiger partial charge in [-0.2, -0.15) is 0 Å². The summed E-state index contributed by atoms with van der Waals surface area (Å²) in [6, 6.07) is 0. The van der Waals surface area contributed by atoms with E-state index in [2.05, 4.69) is 0 Å². The van der Waals surface area contributed by atoms with Gasteiger partial charge in [0.15, 0.2) is 5.78 Å². The van der Waals surface area contributed by atoms with Crippen LogP contribution in [0.4, 0.5) is 0 Å². The number of carbonyl (C=O) groups is 1. The first-order valence-electron chi connectivity index (χ1n) is 3.82. The third-order valence-electron chi connectivity index (χ3n) is 1.48. The van der Waals surface area contributed by atoms with Crippen LogP contribution in [0.15, 0.2) is 0 Å². The number of carbonyl (C=O) groups excluding carboxylic acids is 1. The largest absolute Gasteiger partial charge is 0.385 e. The summed E-state index contributed by atoms with van der Waals surface area (Å²) in [7, 11) is 0. The van der Waals surface area contributed by atoms with Gasteiger partial charge in [0.25, 0.3) is 0 Å². The number of aliphatic hydroxyl groups excluding tert-OH is 1. The van der Waals surface area contributed by atoms with Crippen molar-refractivity contribution >= 4 is 5.78 Å². The molecule has 0 saturated carbocycles. The number of hydrogen-bond donors (Lipinski definition) is 2. The second-order valence-corrected chi connectivity index (χ2v) is 3.71. The summed E-state index contributed by atoms with van der Waals surface area (Å²) in [4.78, 5) is 11.2. The van der Waals surface area contributed by atoms with E-state index in [1.54, 1.807) is 20.8 Å². The number of hydrogen-bond acceptors (Lipinski definition) is 3. The minimum atomic E-state index is -0.889. The number of Topliss-reactive ketones (excluding diaryl/α,β-unsaturated/α-hetero) is 1. The molecule has 11 heavy (non-hydrogen) atoms. The standard InChI is InChI=1S/C8H17NO2/c1-8(2,3)7(11)6(10)4-5-9/h6,10H,4-5,9H2,1-3H3. The fourth-order valence-electron chi connectivity index (χ4n) is 0.789. The number of rotatable bonds is 3. The van der Waals surface area contributed by atoms with E-state index in [9.17, 15) is 9.90 Å². The van der Waals surface area contributed by atoms with Crippen molar-refractivity contribution in [3.05, 3.63) is 0 Å². The molecule has 0 rings (SSSR count). The van der Waals surface area contributed by atoms with Crippen LogP contribution in [0.5, 0.6) is 0 Å². The Hall–Kier alpha value is -0.410. The molecule has 0 bridgehead atoms. The minimum Gasteiger partial charge on any atom is -0.385 e. The summed E-state index contributed by atoms with van der Waals surface area (Å²) in [6.45, 7) is 5.71. The smallest absolute Gasteiger partial charge is 0.166 e. The van der Waals surface area contributed by atoms with Crippen molar-refractivity contribution in [1.29, 1.82) is 0 Å². The van der Waals surface area contributed by atoms with E-state index in [0.29, 0.717) is 13.0 Å². The zero-order valence-corrected chi connectivity index (χ0v) is 7.42. The summed E-state index contributed by atoms with van der Waals surface area (Å²) in [5.41, 5.74) is 4.73. The molecule has 3 N–H and O–H groups in total. The van der Waals surface area contributed by atoms with Crippen LogP contribution in [0.25, 0.3) is 0 Å². The molecule has 0 aromatic carbocycles. The van der Waals surface area contributed by atoms with E-state index in [0.717, 1.165) is 0 Å². The van der Waals surface area contributed by atoms with Crippen molar-refractivity contribution in [3.8, 4) is 0 Å². The first-order valence-corrected chi connectivity index (χ1v) is 3.82. The lowest BCUT2D eigenvalue weighted by Gasteiger charge is -2.20. The van der Waals surface area contributed by atoms with Gasteiger partial charge in [-0.05, 0) is 13.0 Å². The Kier molecular flexibility index (Phi) is 3.69. The zero-order valence-electron chi connectivity index (χ0n) is 7.42. The molecule has 0 heterocycles. The molecule has 0 saturated heterocycles. The normalized spacial score (nSPS) is 14.6. The van der Waals surface area contributed by atoms with Crippen molar-refractivity contribution in [3.63, 3.8) is 0 Å². The topological polar surface area (TPSA) is 63.3 Å². The average molecular weight is 159 g/mol. The molecule has 0 spiro atoms. The maximum absolute atomic E-state index is 11.2. The number of aliphatic hydroxyl groups is 1. The highest BCUT2D eigenvalue weighted by molar-refractivity contribution is 5.87. The summed E-state index contributed by atoms with van der Waals surface area (Å²) in [5, 5.41) is 9.22. The van der Waals surface area contributed by atoms with Crippen LogP contribution in [-0.2, 0) is 4.79 Å². The maximum Gasteiger partial charge on any atom is 0.166 e. The van der Waals surface area contributed by atoms with Crippen LogP contribution < -0.4 is 5.73 Å². The van der Waals surface area contributed by atoms with Gasteiger partial charge in [0.1, 0.15) is 6.10 Å². The number of ketones is 1. The molecule has 0 radical (unpaired) electrons. The second-order valence-electron chi connectivity index (χ2n) is 3.71. The van der Waals surface area contributed by atoms with Gasteiger partial charge < -0.3 is 10.8 Å².